The molecule has 1 fully saturated rings. The minimum Gasteiger partial charge on any atom is -0.504 e. The lowest BCUT2D eigenvalue weighted by molar-refractivity contribution is -0.278. The van der Waals surface area contributed by atoms with Gasteiger partial charge in [0.2, 0.25) is 6.29 Å². The molecule has 0 saturated carbocycles. The summed E-state index contributed by atoms with van der Waals surface area (Å²) in [6.45, 7) is 5.79. The first-order chi connectivity index (χ1) is 16.6. The van der Waals surface area contributed by atoms with Gasteiger partial charge in [0, 0.05) is 6.07 Å². The van der Waals surface area contributed by atoms with E-state index in [1.165, 1.54) is 23.3 Å². The Hall–Kier alpha value is -2.89. The normalized spacial score (nSPS) is 24.9. The van der Waals surface area contributed by atoms with Crippen LogP contribution in [0, 0.1) is 0 Å². The van der Waals surface area contributed by atoms with Crippen LogP contribution in [0.1, 0.15) is 33.6 Å². The molecule has 5 atom stereocenters. The van der Waals surface area contributed by atoms with Crippen LogP contribution in [0.2, 0.25) is 0 Å². The fourth-order valence-electron chi connectivity index (χ4n) is 3.59. The number of fused-ring (bicyclic) bond motifs is 1. The number of allylic oxidation sites excluding steroid dienone is 3. The van der Waals surface area contributed by atoms with E-state index in [-0.39, 0.29) is 11.0 Å². The van der Waals surface area contributed by atoms with Crippen molar-refractivity contribution in [2.75, 3.05) is 13.2 Å². The van der Waals surface area contributed by atoms with Crippen LogP contribution in [-0.2, 0) is 4.74 Å². The van der Waals surface area contributed by atoms with E-state index in [4.69, 9.17) is 18.6 Å². The van der Waals surface area contributed by atoms with Gasteiger partial charge in [0.05, 0.1) is 12.0 Å². The number of aliphatic hydroxyl groups is 4. The predicted molar refractivity (Wildman–Crippen MR) is 126 cm³/mol. The topological polar surface area (TPSA) is 159 Å². The van der Waals surface area contributed by atoms with Gasteiger partial charge in [-0.15, -0.1) is 0 Å². The van der Waals surface area contributed by atoms with Gasteiger partial charge in [-0.1, -0.05) is 17.2 Å². The molecule has 1 saturated heterocycles. The second-order valence-electron chi connectivity index (χ2n) is 8.72. The number of aromatic hydroxyl groups is 1. The van der Waals surface area contributed by atoms with Gasteiger partial charge in [-0.25, -0.2) is 4.79 Å². The zero-order valence-electron chi connectivity index (χ0n) is 19.9. The Morgan fingerprint density at radius 3 is 2.51 bits per heavy atom. The van der Waals surface area contributed by atoms with Crippen molar-refractivity contribution in [2.24, 2.45) is 0 Å². The van der Waals surface area contributed by atoms with Crippen molar-refractivity contribution in [1.82, 2.24) is 0 Å². The molecule has 0 amide bonds. The van der Waals surface area contributed by atoms with Gasteiger partial charge in [-0.2, -0.15) is 0 Å². The Morgan fingerprint density at radius 1 is 1.09 bits per heavy atom. The number of hydrogen-bond acceptors (Lipinski definition) is 10. The van der Waals surface area contributed by atoms with Gasteiger partial charge in [0.1, 0.15) is 42.4 Å². The summed E-state index contributed by atoms with van der Waals surface area (Å²) in [5.74, 6) is -0.781. The van der Waals surface area contributed by atoms with Crippen LogP contribution < -0.4 is 15.1 Å². The number of hydrogen-bond donors (Lipinski definition) is 5. The van der Waals surface area contributed by atoms with Crippen LogP contribution in [0.25, 0.3) is 11.0 Å². The third kappa shape index (κ3) is 6.41. The lowest BCUT2D eigenvalue weighted by Crippen LogP contribution is -2.60. The van der Waals surface area contributed by atoms with E-state index in [9.17, 15) is 30.3 Å². The molecule has 1 aliphatic heterocycles. The van der Waals surface area contributed by atoms with E-state index in [1.54, 1.807) is 6.07 Å². The molecule has 2 aromatic rings. The van der Waals surface area contributed by atoms with Gasteiger partial charge in [0.15, 0.2) is 5.75 Å². The van der Waals surface area contributed by atoms with Crippen molar-refractivity contribution in [1.29, 1.82) is 0 Å². The molecule has 1 aromatic carbocycles. The number of ether oxygens (including phenoxy) is 3. The molecule has 1 aliphatic rings. The van der Waals surface area contributed by atoms with Gasteiger partial charge < -0.3 is 44.2 Å². The van der Waals surface area contributed by atoms with Crippen molar-refractivity contribution in [3.05, 3.63) is 51.9 Å². The Labute approximate surface area is 202 Å². The van der Waals surface area contributed by atoms with Crippen molar-refractivity contribution in [3.63, 3.8) is 0 Å². The monoisotopic (exact) mass is 492 g/mol. The Balaban J connectivity index is 1.74. The summed E-state index contributed by atoms with van der Waals surface area (Å²) < 4.78 is 21.5. The average molecular weight is 493 g/mol. The maximum absolute atomic E-state index is 12.5. The van der Waals surface area contributed by atoms with Crippen molar-refractivity contribution < 1.29 is 44.2 Å². The summed E-state index contributed by atoms with van der Waals surface area (Å²) in [6, 6.07) is 4.53. The molecule has 0 spiro atoms. The molecule has 0 unspecified atom stereocenters. The van der Waals surface area contributed by atoms with E-state index in [0.717, 1.165) is 12.8 Å². The number of benzene rings is 1. The van der Waals surface area contributed by atoms with Crippen LogP contribution in [0.3, 0.4) is 0 Å². The largest absolute Gasteiger partial charge is 0.504 e. The molecular weight excluding hydrogens is 460 g/mol. The molecule has 0 bridgehead atoms. The standard InChI is InChI=1S/C25H32O10/c1-13(2)5-4-6-14(3)9-10-32-15-7-8-16-17(11-15)33-24(31)23(19(16)27)35-25-22(30)21(29)20(28)18(12-26)34-25/h5,7-9,11,18,20-22,25-30H,4,6,10,12H2,1-3H3/t18-,20+,21+,22-,25+/m1/s1. The molecule has 1 aromatic heterocycles. The van der Waals surface area contributed by atoms with Crippen LogP contribution in [-0.4, -0.2) is 69.5 Å². The fourth-order valence-corrected chi connectivity index (χ4v) is 3.59. The average Bonchev–Trinajstić information content (AvgIpc) is 2.81. The van der Waals surface area contributed by atoms with Crippen LogP contribution in [0.4, 0.5) is 0 Å². The third-order valence-corrected chi connectivity index (χ3v) is 5.67. The Kier molecular flexibility index (Phi) is 8.92. The Morgan fingerprint density at radius 2 is 1.83 bits per heavy atom. The first-order valence-corrected chi connectivity index (χ1v) is 11.3. The highest BCUT2D eigenvalue weighted by molar-refractivity contribution is 5.86. The lowest BCUT2D eigenvalue weighted by atomic mass is 9.99. The number of aliphatic hydroxyl groups excluding tert-OH is 4. The molecule has 2 heterocycles. The molecule has 192 valence electrons. The smallest absolute Gasteiger partial charge is 0.383 e. The summed E-state index contributed by atoms with van der Waals surface area (Å²) in [7, 11) is 0. The van der Waals surface area contributed by atoms with Crippen molar-refractivity contribution >= 4 is 11.0 Å². The summed E-state index contributed by atoms with van der Waals surface area (Å²) in [6.07, 6.45) is -1.92. The second kappa shape index (κ2) is 11.7. The highest BCUT2D eigenvalue weighted by Gasteiger charge is 2.45. The second-order valence-corrected chi connectivity index (χ2v) is 8.72. The first kappa shape index (κ1) is 26.7. The van der Waals surface area contributed by atoms with Gasteiger partial charge in [0.25, 0.3) is 5.75 Å². The van der Waals surface area contributed by atoms with Gasteiger partial charge >= 0.3 is 5.63 Å². The molecule has 10 heteroatoms. The summed E-state index contributed by atoms with van der Waals surface area (Å²) in [4.78, 5) is 12.5. The van der Waals surface area contributed by atoms with Crippen LogP contribution >= 0.6 is 0 Å². The maximum atomic E-state index is 12.5. The van der Waals surface area contributed by atoms with Crippen LogP contribution in [0.5, 0.6) is 17.2 Å². The molecule has 35 heavy (non-hydrogen) atoms. The number of rotatable bonds is 9. The first-order valence-electron chi connectivity index (χ1n) is 11.3. The zero-order chi connectivity index (χ0) is 25.7. The molecule has 0 aliphatic carbocycles. The van der Waals surface area contributed by atoms with Gasteiger partial charge in [-0.3, -0.25) is 0 Å². The fraction of sp³-hybridized carbons (Fsp3) is 0.480. The van der Waals surface area contributed by atoms with E-state index >= 15 is 0 Å². The van der Waals surface area contributed by atoms with E-state index in [0.29, 0.717) is 12.4 Å². The highest BCUT2D eigenvalue weighted by atomic mass is 16.7. The Bertz CT molecular complexity index is 1130. The molecule has 0 radical (unpaired) electrons. The van der Waals surface area contributed by atoms with Gasteiger partial charge in [-0.05, 0) is 51.8 Å². The van der Waals surface area contributed by atoms with Crippen molar-refractivity contribution in [3.8, 4) is 17.2 Å². The molecular formula is C25H32O10. The quantitative estimate of drug-likeness (QED) is 0.258. The summed E-state index contributed by atoms with van der Waals surface area (Å²) >= 11 is 0. The zero-order valence-corrected chi connectivity index (χ0v) is 19.9. The molecule has 5 N–H and O–H groups in total. The lowest BCUT2D eigenvalue weighted by Gasteiger charge is -2.39. The summed E-state index contributed by atoms with van der Waals surface area (Å²) in [5.41, 5.74) is 1.45. The third-order valence-electron chi connectivity index (χ3n) is 5.67. The van der Waals surface area contributed by atoms with Crippen LogP contribution in [0.15, 0.2) is 50.7 Å². The van der Waals surface area contributed by atoms with Crippen molar-refractivity contribution in [2.45, 2.75) is 64.3 Å². The minimum atomic E-state index is -1.75. The highest BCUT2D eigenvalue weighted by Crippen LogP contribution is 2.35. The van der Waals surface area contributed by atoms with E-state index in [1.807, 2.05) is 13.0 Å². The maximum Gasteiger partial charge on any atom is 0.383 e. The van der Waals surface area contributed by atoms with E-state index in [2.05, 4.69) is 19.9 Å². The summed E-state index contributed by atoms with van der Waals surface area (Å²) in [5, 5.41) is 49.9. The van der Waals surface area contributed by atoms with E-state index < -0.39 is 54.4 Å². The SMILES string of the molecule is CC(C)=CCCC(C)=CCOc1ccc2c(O)c(O[C@@H]3O[C@H](CO)[C@H](O)[C@H](O)[C@H]3O)c(=O)oc2c1. The minimum absolute atomic E-state index is 0.0513. The predicted octanol–water partition coefficient (Wildman–Crippen LogP) is 1.75. The molecule has 10 nitrogen and oxygen atoms in total. The molecule has 3 rings (SSSR count).